The third-order valence-corrected chi connectivity index (χ3v) is 4.83. The lowest BCUT2D eigenvalue weighted by molar-refractivity contribution is -0.149. The first kappa shape index (κ1) is 22.1. The van der Waals surface area contributed by atoms with Crippen molar-refractivity contribution in [3.8, 4) is 0 Å². The number of nitrogens with zero attached hydrogens (tertiary/aromatic N) is 2. The van der Waals surface area contributed by atoms with Gasteiger partial charge in [-0.15, -0.1) is 0 Å². The summed E-state index contributed by atoms with van der Waals surface area (Å²) in [5.74, 6) is 1.04. The first-order chi connectivity index (χ1) is 12.3. The van der Waals surface area contributed by atoms with E-state index >= 15 is 0 Å². The lowest BCUT2D eigenvalue weighted by Crippen LogP contribution is -2.31. The molecule has 0 aliphatic heterocycles. The van der Waals surface area contributed by atoms with Gasteiger partial charge in [0.25, 0.3) is 0 Å². The highest BCUT2D eigenvalue weighted by atomic mass is 16.5. The summed E-state index contributed by atoms with van der Waals surface area (Å²) in [5, 5.41) is 0. The summed E-state index contributed by atoms with van der Waals surface area (Å²) in [6.45, 7) is 8.31. The zero-order valence-corrected chi connectivity index (χ0v) is 16.8. The predicted molar refractivity (Wildman–Crippen MR) is 99.8 cm³/mol. The number of methoxy groups -OCH3 is 2. The lowest BCUT2D eigenvalue weighted by Gasteiger charge is -2.32. The van der Waals surface area contributed by atoms with Crippen molar-refractivity contribution in [2.24, 2.45) is 17.8 Å². The summed E-state index contributed by atoms with van der Waals surface area (Å²) in [7, 11) is 2.83. The van der Waals surface area contributed by atoms with Gasteiger partial charge in [-0.05, 0) is 30.6 Å². The molecule has 1 unspecified atom stereocenters. The van der Waals surface area contributed by atoms with Crippen molar-refractivity contribution in [1.82, 2.24) is 9.97 Å². The number of carbonyl (C=O) groups excluding carboxylic acids is 2. The molecule has 6 nitrogen and oxygen atoms in total. The number of ether oxygens (including phenoxy) is 2. The molecular weight excluding hydrogens is 332 g/mol. The van der Waals surface area contributed by atoms with E-state index in [1.807, 2.05) is 13.8 Å². The Morgan fingerprint density at radius 1 is 1.00 bits per heavy atom. The summed E-state index contributed by atoms with van der Waals surface area (Å²) in [5.41, 5.74) is 0.981. The fourth-order valence-corrected chi connectivity index (χ4v) is 3.43. The van der Waals surface area contributed by atoms with Gasteiger partial charge in [0.1, 0.15) is 0 Å². The minimum absolute atomic E-state index is 0.00148. The van der Waals surface area contributed by atoms with E-state index in [0.717, 1.165) is 6.42 Å². The molecular formula is C20H32N2O4. The van der Waals surface area contributed by atoms with E-state index in [-0.39, 0.29) is 17.8 Å². The molecule has 1 saturated carbocycles. The molecule has 0 N–H and O–H groups in total. The summed E-state index contributed by atoms with van der Waals surface area (Å²) in [4.78, 5) is 30.7. The van der Waals surface area contributed by atoms with Gasteiger partial charge >= 0.3 is 11.9 Å². The SMILES string of the molecule is COC(=O)C1CCCC[C@@H]1C(C)C.COC(=O)c1nccnc1C(C)C. The number of hydrogen-bond donors (Lipinski definition) is 0. The lowest BCUT2D eigenvalue weighted by atomic mass is 9.73. The average molecular weight is 364 g/mol. The van der Waals surface area contributed by atoms with Crippen LogP contribution in [0, 0.1) is 17.8 Å². The van der Waals surface area contributed by atoms with Gasteiger partial charge in [0.2, 0.25) is 0 Å². The average Bonchev–Trinajstić information content (AvgIpc) is 2.67. The Labute approximate surface area is 156 Å². The van der Waals surface area contributed by atoms with E-state index in [0.29, 0.717) is 23.2 Å². The van der Waals surface area contributed by atoms with Crippen LogP contribution in [-0.2, 0) is 14.3 Å². The highest BCUT2D eigenvalue weighted by Gasteiger charge is 2.33. The number of carbonyl (C=O) groups is 2. The molecule has 0 aromatic carbocycles. The van der Waals surface area contributed by atoms with Crippen molar-refractivity contribution in [2.75, 3.05) is 14.2 Å². The number of rotatable bonds is 4. The zero-order chi connectivity index (χ0) is 19.7. The van der Waals surface area contributed by atoms with E-state index < -0.39 is 5.97 Å². The molecule has 1 aromatic heterocycles. The second-order valence-corrected chi connectivity index (χ2v) is 7.26. The maximum Gasteiger partial charge on any atom is 0.358 e. The van der Waals surface area contributed by atoms with Crippen LogP contribution in [0.25, 0.3) is 0 Å². The Morgan fingerprint density at radius 2 is 1.62 bits per heavy atom. The first-order valence-electron chi connectivity index (χ1n) is 9.30. The molecule has 1 aliphatic carbocycles. The molecule has 146 valence electrons. The Morgan fingerprint density at radius 3 is 2.15 bits per heavy atom. The van der Waals surface area contributed by atoms with Crippen LogP contribution in [-0.4, -0.2) is 36.1 Å². The summed E-state index contributed by atoms with van der Waals surface area (Å²) in [6.07, 6.45) is 7.73. The van der Waals surface area contributed by atoms with Crippen molar-refractivity contribution in [1.29, 1.82) is 0 Å². The van der Waals surface area contributed by atoms with Gasteiger partial charge in [0, 0.05) is 12.4 Å². The fourth-order valence-electron chi connectivity index (χ4n) is 3.43. The van der Waals surface area contributed by atoms with E-state index in [1.165, 1.54) is 39.7 Å². The molecule has 0 amide bonds. The Kier molecular flexibility index (Phi) is 9.24. The van der Waals surface area contributed by atoms with Gasteiger partial charge in [-0.2, -0.15) is 0 Å². The molecule has 1 heterocycles. The Balaban J connectivity index is 0.000000260. The standard InChI is InChI=1S/C11H20O2.C9H12N2O2/c1-8(2)9-6-4-5-7-10(9)11(12)13-3;1-6(2)7-8(9(12)13-3)11-5-4-10-7/h8-10H,4-7H2,1-3H3;4-6H,1-3H3/t9-,10?;/m1./s1. The Bertz CT molecular complexity index is 587. The summed E-state index contributed by atoms with van der Waals surface area (Å²) in [6, 6.07) is 0. The van der Waals surface area contributed by atoms with Crippen LogP contribution in [0.5, 0.6) is 0 Å². The third-order valence-electron chi connectivity index (χ3n) is 4.83. The molecule has 6 heteroatoms. The second kappa shape index (κ2) is 10.9. The molecule has 2 rings (SSSR count). The maximum absolute atomic E-state index is 11.5. The Hall–Kier alpha value is -1.98. The molecule has 0 radical (unpaired) electrons. The van der Waals surface area contributed by atoms with Crippen LogP contribution >= 0.6 is 0 Å². The van der Waals surface area contributed by atoms with Crippen molar-refractivity contribution in [2.45, 2.75) is 59.3 Å². The summed E-state index contributed by atoms with van der Waals surface area (Å²) < 4.78 is 9.42. The van der Waals surface area contributed by atoms with E-state index in [4.69, 9.17) is 4.74 Å². The normalized spacial score (nSPS) is 19.5. The monoisotopic (exact) mass is 364 g/mol. The van der Waals surface area contributed by atoms with E-state index in [9.17, 15) is 9.59 Å². The van der Waals surface area contributed by atoms with Crippen molar-refractivity contribution < 1.29 is 19.1 Å². The molecule has 1 aromatic rings. The van der Waals surface area contributed by atoms with Gasteiger partial charge in [-0.1, -0.05) is 40.5 Å². The maximum atomic E-state index is 11.5. The van der Waals surface area contributed by atoms with Gasteiger partial charge in [-0.3, -0.25) is 9.78 Å². The van der Waals surface area contributed by atoms with Crippen molar-refractivity contribution in [3.63, 3.8) is 0 Å². The van der Waals surface area contributed by atoms with E-state index in [2.05, 4.69) is 28.6 Å². The smallest absolute Gasteiger partial charge is 0.358 e. The topological polar surface area (TPSA) is 78.4 Å². The van der Waals surface area contributed by atoms with Crippen LogP contribution in [0.4, 0.5) is 0 Å². The van der Waals surface area contributed by atoms with E-state index in [1.54, 1.807) is 6.20 Å². The first-order valence-corrected chi connectivity index (χ1v) is 9.30. The molecule has 1 aliphatic rings. The number of hydrogen-bond acceptors (Lipinski definition) is 6. The van der Waals surface area contributed by atoms with Gasteiger partial charge in [0.15, 0.2) is 5.69 Å². The molecule has 26 heavy (non-hydrogen) atoms. The van der Waals surface area contributed by atoms with Gasteiger partial charge < -0.3 is 9.47 Å². The zero-order valence-electron chi connectivity index (χ0n) is 16.8. The molecule has 0 saturated heterocycles. The van der Waals surface area contributed by atoms with Crippen LogP contribution in [0.2, 0.25) is 0 Å². The van der Waals surface area contributed by atoms with Gasteiger partial charge in [-0.25, -0.2) is 9.78 Å². The van der Waals surface area contributed by atoms with Gasteiger partial charge in [0.05, 0.1) is 25.8 Å². The van der Waals surface area contributed by atoms with Crippen molar-refractivity contribution in [3.05, 3.63) is 23.8 Å². The molecule has 1 fully saturated rings. The van der Waals surface area contributed by atoms with Crippen LogP contribution < -0.4 is 0 Å². The third kappa shape index (κ3) is 6.07. The quantitative estimate of drug-likeness (QED) is 0.751. The van der Waals surface area contributed by atoms with Crippen LogP contribution in [0.15, 0.2) is 12.4 Å². The van der Waals surface area contributed by atoms with Crippen LogP contribution in [0.3, 0.4) is 0 Å². The largest absolute Gasteiger partial charge is 0.469 e. The van der Waals surface area contributed by atoms with Crippen LogP contribution in [0.1, 0.15) is 75.5 Å². The highest BCUT2D eigenvalue weighted by Crippen LogP contribution is 2.35. The highest BCUT2D eigenvalue weighted by molar-refractivity contribution is 5.88. The number of esters is 2. The minimum Gasteiger partial charge on any atom is -0.469 e. The second-order valence-electron chi connectivity index (χ2n) is 7.26. The minimum atomic E-state index is -0.434. The fraction of sp³-hybridized carbons (Fsp3) is 0.700. The summed E-state index contributed by atoms with van der Waals surface area (Å²) >= 11 is 0. The molecule has 0 bridgehead atoms. The molecule has 0 spiro atoms. The molecule has 2 atom stereocenters. The van der Waals surface area contributed by atoms with Crippen molar-refractivity contribution >= 4 is 11.9 Å². The number of aromatic nitrogens is 2. The predicted octanol–water partition coefficient (Wildman–Crippen LogP) is 4.01.